The molecular weight excluding hydrogens is 436 g/mol. The number of carbonyl (C=O) groups is 2. The number of likely N-dealkylation sites (tertiary alicyclic amines) is 1. The first kappa shape index (κ1) is 24.0. The van der Waals surface area contributed by atoms with Gasteiger partial charge in [0.15, 0.2) is 0 Å². The standard InChI is InChI=1S/C21H34N4O4S2/c1-3-16(2)22-20(26)17-9-8-12-24(15-17)21(27)23-18-10-11-19(30-18)31(28,29)25-13-6-4-5-7-14-25/h10-11,16-17H,3-9,12-15H2,1-2H3,(H,22,26)(H,23,27)/t16-,17-/m1/s1. The number of carbonyl (C=O) groups excluding carboxylic acids is 2. The highest BCUT2D eigenvalue weighted by atomic mass is 32.2. The maximum atomic E-state index is 12.9. The number of rotatable bonds is 6. The van der Waals surface area contributed by atoms with Gasteiger partial charge < -0.3 is 10.2 Å². The lowest BCUT2D eigenvalue weighted by Crippen LogP contribution is -2.48. The summed E-state index contributed by atoms with van der Waals surface area (Å²) in [6.07, 6.45) is 6.29. The van der Waals surface area contributed by atoms with Gasteiger partial charge in [-0.25, -0.2) is 13.2 Å². The molecule has 0 aliphatic carbocycles. The molecule has 1 aromatic rings. The lowest BCUT2D eigenvalue weighted by atomic mass is 9.97. The summed E-state index contributed by atoms with van der Waals surface area (Å²) in [7, 11) is -3.53. The molecule has 31 heavy (non-hydrogen) atoms. The number of hydrogen-bond donors (Lipinski definition) is 2. The molecule has 3 amide bonds. The molecule has 0 spiro atoms. The zero-order valence-corrected chi connectivity index (χ0v) is 20.1. The highest BCUT2D eigenvalue weighted by molar-refractivity contribution is 7.91. The maximum absolute atomic E-state index is 12.9. The first-order chi connectivity index (χ1) is 14.8. The van der Waals surface area contributed by atoms with E-state index in [9.17, 15) is 18.0 Å². The fraction of sp³-hybridized carbons (Fsp3) is 0.714. The molecular formula is C21H34N4O4S2. The lowest BCUT2D eigenvalue weighted by molar-refractivity contribution is -0.126. The minimum Gasteiger partial charge on any atom is -0.353 e. The fourth-order valence-electron chi connectivity index (χ4n) is 3.96. The predicted octanol–water partition coefficient (Wildman–Crippen LogP) is 3.47. The average molecular weight is 471 g/mol. The molecule has 10 heteroatoms. The number of hydrogen-bond acceptors (Lipinski definition) is 5. The summed E-state index contributed by atoms with van der Waals surface area (Å²) in [5.74, 6) is -0.218. The topological polar surface area (TPSA) is 98.8 Å². The van der Waals surface area contributed by atoms with E-state index in [0.29, 0.717) is 31.2 Å². The van der Waals surface area contributed by atoms with E-state index >= 15 is 0 Å². The Morgan fingerprint density at radius 3 is 2.52 bits per heavy atom. The van der Waals surface area contributed by atoms with Crippen molar-refractivity contribution in [3.05, 3.63) is 12.1 Å². The number of amides is 3. The molecule has 2 aliphatic heterocycles. The number of nitrogens with zero attached hydrogens (tertiary/aromatic N) is 2. The van der Waals surface area contributed by atoms with Gasteiger partial charge in [0, 0.05) is 32.2 Å². The molecule has 0 aromatic carbocycles. The van der Waals surface area contributed by atoms with Gasteiger partial charge in [-0.2, -0.15) is 4.31 Å². The Morgan fingerprint density at radius 1 is 1.13 bits per heavy atom. The summed E-state index contributed by atoms with van der Waals surface area (Å²) in [6.45, 7) is 6.06. The molecule has 2 atom stereocenters. The van der Waals surface area contributed by atoms with Crippen molar-refractivity contribution in [1.82, 2.24) is 14.5 Å². The second kappa shape index (κ2) is 10.8. The Kier molecular flexibility index (Phi) is 8.35. The van der Waals surface area contributed by atoms with Gasteiger partial charge >= 0.3 is 6.03 Å². The van der Waals surface area contributed by atoms with Crippen molar-refractivity contribution in [2.75, 3.05) is 31.5 Å². The molecule has 1 aromatic heterocycles. The van der Waals surface area contributed by atoms with Gasteiger partial charge in [0.1, 0.15) is 4.21 Å². The van der Waals surface area contributed by atoms with Crippen LogP contribution in [0, 0.1) is 5.92 Å². The fourth-order valence-corrected chi connectivity index (χ4v) is 6.83. The second-order valence-electron chi connectivity index (χ2n) is 8.47. The van der Waals surface area contributed by atoms with Gasteiger partial charge in [0.05, 0.1) is 10.9 Å². The molecule has 0 bridgehead atoms. The van der Waals surface area contributed by atoms with E-state index in [-0.39, 0.29) is 28.1 Å². The second-order valence-corrected chi connectivity index (χ2v) is 11.7. The molecule has 2 N–H and O–H groups in total. The average Bonchev–Trinajstić information content (AvgIpc) is 3.06. The summed E-state index contributed by atoms with van der Waals surface area (Å²) in [5.41, 5.74) is 0. The van der Waals surface area contributed by atoms with Crippen LogP contribution in [0.25, 0.3) is 0 Å². The number of piperidine rings is 1. The Bertz CT molecular complexity index is 862. The minimum atomic E-state index is -3.53. The van der Waals surface area contributed by atoms with Crippen LogP contribution >= 0.6 is 11.3 Å². The van der Waals surface area contributed by atoms with Crippen molar-refractivity contribution >= 4 is 38.3 Å². The summed E-state index contributed by atoms with van der Waals surface area (Å²) in [4.78, 5) is 26.8. The van der Waals surface area contributed by atoms with Crippen LogP contribution in [0.1, 0.15) is 58.8 Å². The number of sulfonamides is 1. The summed E-state index contributed by atoms with van der Waals surface area (Å²) >= 11 is 1.08. The monoisotopic (exact) mass is 470 g/mol. The maximum Gasteiger partial charge on any atom is 0.322 e. The van der Waals surface area contributed by atoms with Crippen molar-refractivity contribution < 1.29 is 18.0 Å². The van der Waals surface area contributed by atoms with Crippen LogP contribution in [0.5, 0.6) is 0 Å². The smallest absolute Gasteiger partial charge is 0.322 e. The Balaban J connectivity index is 1.59. The van der Waals surface area contributed by atoms with E-state index in [4.69, 9.17) is 0 Å². The molecule has 174 valence electrons. The quantitative estimate of drug-likeness (QED) is 0.665. The number of urea groups is 1. The third-order valence-corrected chi connectivity index (χ3v) is 9.42. The van der Waals surface area contributed by atoms with Crippen LogP contribution in [0.3, 0.4) is 0 Å². The Hall–Kier alpha value is -1.65. The third kappa shape index (κ3) is 6.20. The third-order valence-electron chi connectivity index (χ3n) is 6.05. The van der Waals surface area contributed by atoms with Crippen LogP contribution in [0.15, 0.2) is 16.3 Å². The normalized spacial score (nSPS) is 21.9. The van der Waals surface area contributed by atoms with Gasteiger partial charge in [0.25, 0.3) is 10.0 Å². The first-order valence-electron chi connectivity index (χ1n) is 11.3. The van der Waals surface area contributed by atoms with Crippen LogP contribution in [0.4, 0.5) is 9.80 Å². The van der Waals surface area contributed by atoms with E-state index in [1.807, 2.05) is 13.8 Å². The largest absolute Gasteiger partial charge is 0.353 e. The zero-order chi connectivity index (χ0) is 22.4. The van der Waals surface area contributed by atoms with E-state index < -0.39 is 10.0 Å². The van der Waals surface area contributed by atoms with Crippen molar-refractivity contribution in [1.29, 1.82) is 0 Å². The van der Waals surface area contributed by atoms with Gasteiger partial charge in [0.2, 0.25) is 5.91 Å². The minimum absolute atomic E-state index is 0.00574. The molecule has 2 fully saturated rings. The molecule has 2 aliphatic rings. The molecule has 2 saturated heterocycles. The highest BCUT2D eigenvalue weighted by Gasteiger charge is 2.30. The molecule has 0 saturated carbocycles. The Morgan fingerprint density at radius 2 is 1.84 bits per heavy atom. The van der Waals surface area contributed by atoms with Crippen LogP contribution < -0.4 is 10.6 Å². The molecule has 0 unspecified atom stereocenters. The number of anilines is 1. The summed E-state index contributed by atoms with van der Waals surface area (Å²) in [5, 5.41) is 6.32. The lowest BCUT2D eigenvalue weighted by Gasteiger charge is -2.32. The van der Waals surface area contributed by atoms with E-state index in [0.717, 1.165) is 56.3 Å². The number of nitrogens with one attached hydrogen (secondary N) is 2. The van der Waals surface area contributed by atoms with E-state index in [1.165, 1.54) is 0 Å². The summed E-state index contributed by atoms with van der Waals surface area (Å²) in [6, 6.07) is 3.04. The van der Waals surface area contributed by atoms with E-state index in [1.54, 1.807) is 21.3 Å². The van der Waals surface area contributed by atoms with E-state index in [2.05, 4.69) is 10.6 Å². The van der Waals surface area contributed by atoms with Crippen molar-refractivity contribution in [3.63, 3.8) is 0 Å². The number of thiophene rings is 1. The van der Waals surface area contributed by atoms with Crippen molar-refractivity contribution in [3.8, 4) is 0 Å². The van der Waals surface area contributed by atoms with Crippen LogP contribution in [-0.2, 0) is 14.8 Å². The predicted molar refractivity (Wildman–Crippen MR) is 123 cm³/mol. The molecule has 3 heterocycles. The van der Waals surface area contributed by atoms with Crippen LogP contribution in [-0.4, -0.2) is 61.8 Å². The Labute approximate surface area is 189 Å². The highest BCUT2D eigenvalue weighted by Crippen LogP contribution is 2.30. The SMILES string of the molecule is CC[C@@H](C)NC(=O)[C@@H]1CCCN(C(=O)Nc2ccc(S(=O)(=O)N3CCCCCC3)s2)C1. The van der Waals surface area contributed by atoms with Gasteiger partial charge in [-0.1, -0.05) is 19.8 Å². The molecule has 0 radical (unpaired) electrons. The first-order valence-corrected chi connectivity index (χ1v) is 13.5. The van der Waals surface area contributed by atoms with Gasteiger partial charge in [-0.3, -0.25) is 10.1 Å². The molecule has 3 rings (SSSR count). The van der Waals surface area contributed by atoms with Crippen molar-refractivity contribution in [2.24, 2.45) is 5.92 Å². The van der Waals surface area contributed by atoms with Crippen molar-refractivity contribution in [2.45, 2.75) is 69.0 Å². The van der Waals surface area contributed by atoms with Gasteiger partial charge in [-0.05, 0) is 51.2 Å². The van der Waals surface area contributed by atoms with Gasteiger partial charge in [-0.15, -0.1) is 11.3 Å². The summed E-state index contributed by atoms with van der Waals surface area (Å²) < 4.78 is 27.7. The van der Waals surface area contributed by atoms with Crippen LogP contribution in [0.2, 0.25) is 0 Å². The zero-order valence-electron chi connectivity index (χ0n) is 18.4. The molecule has 8 nitrogen and oxygen atoms in total.